The zero-order chi connectivity index (χ0) is 20.6. The number of carbonyl (C=O) groups is 2. The minimum Gasteiger partial charge on any atom is -0.306 e. The van der Waals surface area contributed by atoms with Crippen LogP contribution in [0.2, 0.25) is 10.0 Å². The van der Waals surface area contributed by atoms with Gasteiger partial charge in [-0.25, -0.2) is 13.2 Å². The molecule has 0 radical (unpaired) electrons. The molecule has 0 aliphatic carbocycles. The van der Waals surface area contributed by atoms with Gasteiger partial charge in [-0.05, 0) is 32.9 Å². The lowest BCUT2D eigenvalue weighted by Gasteiger charge is -2.32. The average Bonchev–Trinajstić information content (AvgIpc) is 2.91. The lowest BCUT2D eigenvalue weighted by atomic mass is 10.1. The SMILES string of the molecule is CN(C(C)(C)C)S(=O)(=O)C1SC=C(NC(=O)Nc2cccc(Cl)c2Cl)C1=O. The number of hydrogen-bond donors (Lipinski definition) is 2. The highest BCUT2D eigenvalue weighted by molar-refractivity contribution is 8.16. The molecule has 1 aliphatic rings. The van der Waals surface area contributed by atoms with Gasteiger partial charge in [0, 0.05) is 18.0 Å². The topological polar surface area (TPSA) is 95.6 Å². The minimum absolute atomic E-state index is 0.105. The van der Waals surface area contributed by atoms with E-state index in [0.29, 0.717) is 0 Å². The van der Waals surface area contributed by atoms with Crippen LogP contribution in [0.5, 0.6) is 0 Å². The summed E-state index contributed by atoms with van der Waals surface area (Å²) < 4.78 is 25.2. The first-order valence-corrected chi connectivity index (χ1v) is 11.0. The van der Waals surface area contributed by atoms with Crippen molar-refractivity contribution in [2.45, 2.75) is 30.9 Å². The van der Waals surface area contributed by atoms with Gasteiger partial charge in [-0.2, -0.15) is 4.31 Å². The van der Waals surface area contributed by atoms with Gasteiger partial charge in [0.15, 0.2) is 4.58 Å². The molecule has 7 nitrogen and oxygen atoms in total. The van der Waals surface area contributed by atoms with Gasteiger partial charge in [-0.15, -0.1) is 11.8 Å². The van der Waals surface area contributed by atoms with E-state index in [2.05, 4.69) is 10.6 Å². The number of amides is 2. The van der Waals surface area contributed by atoms with E-state index in [9.17, 15) is 18.0 Å². The number of nitrogens with one attached hydrogen (secondary N) is 2. The smallest absolute Gasteiger partial charge is 0.306 e. The molecule has 2 amide bonds. The number of urea groups is 1. The molecule has 2 N–H and O–H groups in total. The van der Waals surface area contributed by atoms with Crippen molar-refractivity contribution in [1.82, 2.24) is 9.62 Å². The first-order chi connectivity index (χ1) is 12.4. The maximum absolute atomic E-state index is 12.7. The Balaban J connectivity index is 2.09. The van der Waals surface area contributed by atoms with Gasteiger partial charge in [0.1, 0.15) is 0 Å². The Labute approximate surface area is 172 Å². The summed E-state index contributed by atoms with van der Waals surface area (Å²) in [7, 11) is -2.48. The lowest BCUT2D eigenvalue weighted by Crippen LogP contribution is -2.48. The van der Waals surface area contributed by atoms with Crippen LogP contribution >= 0.6 is 35.0 Å². The fourth-order valence-corrected chi connectivity index (χ4v) is 5.67. The van der Waals surface area contributed by atoms with Crippen LogP contribution in [0.1, 0.15) is 20.8 Å². The van der Waals surface area contributed by atoms with Crippen LogP contribution in [-0.2, 0) is 14.8 Å². The molecular formula is C16H19Cl2N3O4S2. The first kappa shape index (κ1) is 22.0. The summed E-state index contributed by atoms with van der Waals surface area (Å²) in [6, 6.07) is 3.97. The number of allylic oxidation sites excluding steroid dienone is 1. The number of nitrogens with zero attached hydrogens (tertiary/aromatic N) is 1. The van der Waals surface area contributed by atoms with Crippen molar-refractivity contribution < 1.29 is 18.0 Å². The summed E-state index contributed by atoms with van der Waals surface area (Å²) in [6.07, 6.45) is 0. The van der Waals surface area contributed by atoms with Crippen molar-refractivity contribution in [3.63, 3.8) is 0 Å². The molecule has 148 valence electrons. The van der Waals surface area contributed by atoms with Crippen molar-refractivity contribution in [3.8, 4) is 0 Å². The second-order valence-corrected chi connectivity index (χ2v) is 10.8. The number of halogens is 2. The Morgan fingerprint density at radius 3 is 2.44 bits per heavy atom. The summed E-state index contributed by atoms with van der Waals surface area (Å²) in [5, 5.41) is 6.57. The number of benzene rings is 1. The van der Waals surface area contributed by atoms with E-state index >= 15 is 0 Å². The van der Waals surface area contributed by atoms with E-state index in [4.69, 9.17) is 23.2 Å². The number of hydrogen-bond acceptors (Lipinski definition) is 5. The van der Waals surface area contributed by atoms with Gasteiger partial charge < -0.3 is 10.6 Å². The molecule has 1 heterocycles. The number of thioether (sulfide) groups is 1. The summed E-state index contributed by atoms with van der Waals surface area (Å²) in [6.45, 7) is 5.18. The van der Waals surface area contributed by atoms with E-state index < -0.39 is 32.0 Å². The van der Waals surface area contributed by atoms with Gasteiger partial charge in [0.05, 0.1) is 21.4 Å². The molecule has 27 heavy (non-hydrogen) atoms. The van der Waals surface area contributed by atoms with Gasteiger partial charge in [-0.1, -0.05) is 29.3 Å². The molecule has 2 rings (SSSR count). The third kappa shape index (κ3) is 4.78. The Bertz CT molecular complexity index is 911. The summed E-state index contributed by atoms with van der Waals surface area (Å²) in [4.78, 5) is 24.6. The van der Waals surface area contributed by atoms with E-state index in [1.807, 2.05) is 0 Å². The highest BCUT2D eigenvalue weighted by atomic mass is 35.5. The molecule has 1 aromatic carbocycles. The number of carbonyl (C=O) groups excluding carboxylic acids is 2. The third-order valence-corrected chi connectivity index (χ3v) is 8.62. The fourth-order valence-electron chi connectivity index (χ4n) is 2.07. The maximum Gasteiger partial charge on any atom is 0.323 e. The molecule has 1 aliphatic heterocycles. The molecule has 0 saturated heterocycles. The molecule has 0 spiro atoms. The number of ketones is 1. The summed E-state index contributed by atoms with van der Waals surface area (Å²) >= 11 is 12.7. The molecule has 11 heteroatoms. The zero-order valence-electron chi connectivity index (χ0n) is 15.0. The third-order valence-electron chi connectivity index (χ3n) is 3.83. The zero-order valence-corrected chi connectivity index (χ0v) is 18.2. The van der Waals surface area contributed by atoms with E-state index in [0.717, 1.165) is 16.1 Å². The lowest BCUT2D eigenvalue weighted by molar-refractivity contribution is -0.114. The highest BCUT2D eigenvalue weighted by Gasteiger charge is 2.44. The van der Waals surface area contributed by atoms with Crippen LogP contribution in [0.25, 0.3) is 0 Å². The Morgan fingerprint density at radius 2 is 1.85 bits per heavy atom. The summed E-state index contributed by atoms with van der Waals surface area (Å²) in [5.41, 5.74) is -0.528. The van der Waals surface area contributed by atoms with Crippen LogP contribution < -0.4 is 10.6 Å². The van der Waals surface area contributed by atoms with E-state index in [-0.39, 0.29) is 21.4 Å². The Kier molecular flexibility index (Phi) is 6.53. The van der Waals surface area contributed by atoms with Gasteiger partial charge in [-0.3, -0.25) is 4.79 Å². The molecule has 1 unspecified atom stereocenters. The van der Waals surface area contributed by atoms with Gasteiger partial charge >= 0.3 is 6.03 Å². The quantitative estimate of drug-likeness (QED) is 0.727. The molecule has 0 saturated carbocycles. The van der Waals surface area contributed by atoms with Crippen molar-refractivity contribution in [2.24, 2.45) is 0 Å². The maximum atomic E-state index is 12.7. The monoisotopic (exact) mass is 451 g/mol. The average molecular weight is 452 g/mol. The molecule has 1 atom stereocenters. The van der Waals surface area contributed by atoms with Crippen molar-refractivity contribution in [2.75, 3.05) is 12.4 Å². The molecule has 0 fully saturated rings. The van der Waals surface area contributed by atoms with Gasteiger partial charge in [0.25, 0.3) is 0 Å². The second-order valence-electron chi connectivity index (χ2n) is 6.73. The normalized spacial score (nSPS) is 17.8. The van der Waals surface area contributed by atoms with Crippen LogP contribution in [0.3, 0.4) is 0 Å². The second kappa shape index (κ2) is 8.00. The molecule has 1 aromatic rings. The van der Waals surface area contributed by atoms with Crippen LogP contribution in [-0.4, -0.2) is 41.7 Å². The number of Topliss-reactive ketones (excluding diaryl/α,β-unsaturated/α-hetero) is 1. The highest BCUT2D eigenvalue weighted by Crippen LogP contribution is 2.34. The number of rotatable bonds is 4. The molecular weight excluding hydrogens is 433 g/mol. The number of anilines is 1. The van der Waals surface area contributed by atoms with E-state index in [1.165, 1.54) is 12.5 Å². The summed E-state index contributed by atoms with van der Waals surface area (Å²) in [5.74, 6) is -0.691. The van der Waals surface area contributed by atoms with Crippen LogP contribution in [0.15, 0.2) is 29.3 Å². The standard InChI is InChI=1S/C16H19Cl2N3O4S2/c1-16(2,3)21(4)27(24,25)14-13(22)11(8-26-14)20-15(23)19-10-7-5-6-9(17)12(10)18/h5-8,14H,1-4H3,(H2,19,20,23). The largest absolute Gasteiger partial charge is 0.323 e. The Morgan fingerprint density at radius 1 is 1.22 bits per heavy atom. The Hall–Kier alpha value is -1.26. The molecule has 0 bridgehead atoms. The predicted octanol–water partition coefficient (Wildman–Crippen LogP) is 3.66. The first-order valence-electron chi connectivity index (χ1n) is 7.75. The van der Waals surface area contributed by atoms with Gasteiger partial charge in [0.2, 0.25) is 15.8 Å². The predicted molar refractivity (Wildman–Crippen MR) is 110 cm³/mol. The fraction of sp³-hybridized carbons (Fsp3) is 0.375. The van der Waals surface area contributed by atoms with Crippen LogP contribution in [0, 0.1) is 0 Å². The van der Waals surface area contributed by atoms with Crippen molar-refractivity contribution in [1.29, 1.82) is 0 Å². The van der Waals surface area contributed by atoms with Crippen molar-refractivity contribution >= 4 is 62.5 Å². The molecule has 0 aromatic heterocycles. The van der Waals surface area contributed by atoms with E-state index in [1.54, 1.807) is 39.0 Å². The van der Waals surface area contributed by atoms with Crippen LogP contribution in [0.4, 0.5) is 10.5 Å². The number of sulfonamides is 1. The minimum atomic E-state index is -3.90. The van der Waals surface area contributed by atoms with Crippen molar-refractivity contribution in [3.05, 3.63) is 39.3 Å².